The second-order valence-corrected chi connectivity index (χ2v) is 8.39. The summed E-state index contributed by atoms with van der Waals surface area (Å²) < 4.78 is 13.2. The van der Waals surface area contributed by atoms with Gasteiger partial charge in [-0.05, 0) is 43.2 Å². The molecule has 0 aliphatic carbocycles. The Hall–Kier alpha value is -3.15. The topological polar surface area (TPSA) is 56.4 Å². The number of fused-ring (bicyclic) bond motifs is 4. The number of aromatic amines is 1. The minimum absolute atomic E-state index is 0.0334. The number of carbonyl (C=O) groups is 2. The molecule has 0 unspecified atom stereocenters. The maximum atomic E-state index is 13.4. The Balaban J connectivity index is 1.53. The van der Waals surface area contributed by atoms with Crippen molar-refractivity contribution in [2.75, 3.05) is 6.54 Å². The maximum absolute atomic E-state index is 13.4. The number of amides is 2. The van der Waals surface area contributed by atoms with Gasteiger partial charge in [0, 0.05) is 29.6 Å². The quantitative estimate of drug-likeness (QED) is 0.729. The first-order chi connectivity index (χ1) is 13.9. The van der Waals surface area contributed by atoms with Gasteiger partial charge in [0.05, 0.1) is 5.54 Å². The van der Waals surface area contributed by atoms with Crippen LogP contribution in [-0.4, -0.2) is 39.2 Å². The van der Waals surface area contributed by atoms with Crippen LogP contribution in [0.4, 0.5) is 4.39 Å². The van der Waals surface area contributed by atoms with Crippen molar-refractivity contribution in [1.29, 1.82) is 0 Å². The molecule has 1 atom stereocenters. The van der Waals surface area contributed by atoms with Gasteiger partial charge < -0.3 is 14.8 Å². The van der Waals surface area contributed by atoms with E-state index in [1.165, 1.54) is 12.1 Å². The van der Waals surface area contributed by atoms with E-state index in [2.05, 4.69) is 11.1 Å². The highest BCUT2D eigenvalue weighted by molar-refractivity contribution is 5.97. The molecule has 1 N–H and O–H groups in total. The van der Waals surface area contributed by atoms with Crippen LogP contribution in [0.5, 0.6) is 0 Å². The van der Waals surface area contributed by atoms with Crippen LogP contribution in [0, 0.1) is 5.82 Å². The third-order valence-electron chi connectivity index (χ3n) is 6.22. The molecule has 3 heterocycles. The number of hydrogen-bond donors (Lipinski definition) is 1. The Morgan fingerprint density at radius 2 is 1.83 bits per heavy atom. The fraction of sp³-hybridized carbons (Fsp3) is 0.304. The first-order valence-electron chi connectivity index (χ1n) is 9.82. The Kier molecular flexibility index (Phi) is 3.81. The highest BCUT2D eigenvalue weighted by atomic mass is 19.1. The van der Waals surface area contributed by atoms with Crippen LogP contribution < -0.4 is 0 Å². The smallest absolute Gasteiger partial charge is 0.246 e. The molecular formula is C23H22FN3O2. The van der Waals surface area contributed by atoms with Crippen molar-refractivity contribution in [2.24, 2.45) is 0 Å². The van der Waals surface area contributed by atoms with Crippen molar-refractivity contribution in [2.45, 2.75) is 38.4 Å². The van der Waals surface area contributed by atoms with Crippen molar-refractivity contribution >= 4 is 22.7 Å². The molecule has 1 saturated heterocycles. The Bertz CT molecular complexity index is 1130. The highest BCUT2D eigenvalue weighted by Gasteiger charge is 2.51. The highest BCUT2D eigenvalue weighted by Crippen LogP contribution is 2.42. The van der Waals surface area contributed by atoms with Gasteiger partial charge in [0.25, 0.3) is 0 Å². The molecule has 3 aromatic rings. The van der Waals surface area contributed by atoms with Gasteiger partial charge in [-0.2, -0.15) is 0 Å². The summed E-state index contributed by atoms with van der Waals surface area (Å²) in [7, 11) is 0. The average molecular weight is 391 g/mol. The van der Waals surface area contributed by atoms with E-state index in [9.17, 15) is 14.0 Å². The zero-order chi connectivity index (χ0) is 20.3. The molecule has 2 aliphatic rings. The van der Waals surface area contributed by atoms with Gasteiger partial charge in [-0.25, -0.2) is 4.39 Å². The number of benzene rings is 2. The van der Waals surface area contributed by atoms with Crippen LogP contribution in [0.2, 0.25) is 0 Å². The Morgan fingerprint density at radius 1 is 1.10 bits per heavy atom. The molecule has 2 aliphatic heterocycles. The van der Waals surface area contributed by atoms with Crippen molar-refractivity contribution in [3.8, 4) is 0 Å². The van der Waals surface area contributed by atoms with E-state index in [-0.39, 0.29) is 24.2 Å². The first kappa shape index (κ1) is 17.9. The third-order valence-corrected chi connectivity index (χ3v) is 6.22. The van der Waals surface area contributed by atoms with Crippen LogP contribution >= 0.6 is 0 Å². The molecule has 2 aromatic carbocycles. The minimum atomic E-state index is -0.605. The first-order valence-corrected chi connectivity index (χ1v) is 9.82. The molecule has 0 saturated carbocycles. The molecule has 0 radical (unpaired) electrons. The minimum Gasteiger partial charge on any atom is -0.356 e. The lowest BCUT2D eigenvalue weighted by Gasteiger charge is -2.51. The van der Waals surface area contributed by atoms with Crippen LogP contribution in [0.3, 0.4) is 0 Å². The zero-order valence-electron chi connectivity index (χ0n) is 16.4. The number of carbonyl (C=O) groups excluding carboxylic acids is 2. The number of para-hydroxylation sites is 1. The number of aromatic nitrogens is 1. The van der Waals surface area contributed by atoms with E-state index in [0.717, 1.165) is 27.7 Å². The van der Waals surface area contributed by atoms with Gasteiger partial charge >= 0.3 is 0 Å². The fourth-order valence-corrected chi connectivity index (χ4v) is 4.88. The number of rotatable bonds is 2. The summed E-state index contributed by atoms with van der Waals surface area (Å²) in [5.74, 6) is -0.439. The summed E-state index contributed by atoms with van der Waals surface area (Å²) in [6.45, 7) is 4.32. The summed E-state index contributed by atoms with van der Waals surface area (Å²) in [5.41, 5.74) is 3.34. The van der Waals surface area contributed by atoms with E-state index in [0.29, 0.717) is 13.0 Å². The summed E-state index contributed by atoms with van der Waals surface area (Å²) >= 11 is 0. The van der Waals surface area contributed by atoms with Gasteiger partial charge in [0.1, 0.15) is 18.4 Å². The molecule has 0 spiro atoms. The van der Waals surface area contributed by atoms with Crippen molar-refractivity contribution in [3.63, 3.8) is 0 Å². The molecule has 2 amide bonds. The van der Waals surface area contributed by atoms with E-state index in [4.69, 9.17) is 0 Å². The van der Waals surface area contributed by atoms with Crippen LogP contribution in [0.1, 0.15) is 30.7 Å². The lowest BCUT2D eigenvalue weighted by molar-refractivity contribution is -0.164. The normalized spacial score (nSPS) is 20.7. The van der Waals surface area contributed by atoms with Crippen molar-refractivity contribution in [3.05, 3.63) is 71.2 Å². The largest absolute Gasteiger partial charge is 0.356 e. The van der Waals surface area contributed by atoms with Crippen molar-refractivity contribution in [1.82, 2.24) is 14.8 Å². The van der Waals surface area contributed by atoms with Gasteiger partial charge in [-0.1, -0.05) is 30.3 Å². The Labute approximate surface area is 168 Å². The summed E-state index contributed by atoms with van der Waals surface area (Å²) in [5, 5.41) is 1.10. The van der Waals surface area contributed by atoms with Crippen LogP contribution in [0.25, 0.3) is 10.9 Å². The standard InChI is InChI=1S/C23H22FN3O2/c1-23(2)21-17(16-5-3-4-6-18(16)25-21)11-19-22(29)26(13-20(28)27(19)23)12-14-7-9-15(24)10-8-14/h3-10,19,25H,11-13H2,1-2H3/t19-/m0/s1. The molecule has 0 bridgehead atoms. The molecule has 5 nitrogen and oxygen atoms in total. The summed E-state index contributed by atoms with van der Waals surface area (Å²) in [6.07, 6.45) is 0.493. The third kappa shape index (κ3) is 2.66. The second kappa shape index (κ2) is 6.17. The van der Waals surface area contributed by atoms with Gasteiger partial charge in [0.2, 0.25) is 11.8 Å². The lowest BCUT2D eigenvalue weighted by Crippen LogP contribution is -2.66. The molecule has 29 heavy (non-hydrogen) atoms. The van der Waals surface area contributed by atoms with Gasteiger partial charge in [0.15, 0.2) is 0 Å². The molecule has 5 rings (SSSR count). The monoisotopic (exact) mass is 391 g/mol. The van der Waals surface area contributed by atoms with E-state index in [1.807, 2.05) is 32.0 Å². The number of nitrogens with one attached hydrogen (secondary N) is 1. The molecule has 1 aromatic heterocycles. The van der Waals surface area contributed by atoms with Crippen LogP contribution in [0.15, 0.2) is 48.5 Å². The van der Waals surface area contributed by atoms with Crippen molar-refractivity contribution < 1.29 is 14.0 Å². The number of H-pyrrole nitrogens is 1. The number of halogens is 1. The van der Waals surface area contributed by atoms with E-state index >= 15 is 0 Å². The Morgan fingerprint density at radius 3 is 2.59 bits per heavy atom. The number of nitrogens with zero attached hydrogens (tertiary/aromatic N) is 2. The van der Waals surface area contributed by atoms with Gasteiger partial charge in [-0.15, -0.1) is 0 Å². The molecule has 1 fully saturated rings. The second-order valence-electron chi connectivity index (χ2n) is 8.39. The predicted octanol–water partition coefficient (Wildman–Crippen LogP) is 3.34. The molecule has 6 heteroatoms. The number of piperazine rings is 1. The van der Waals surface area contributed by atoms with Crippen LogP contribution in [-0.2, 0) is 28.1 Å². The SMILES string of the molecule is CC1(C)c2[nH]c3ccccc3c2C[C@H]2C(=O)N(Cc3ccc(F)cc3)CC(=O)N21. The van der Waals surface area contributed by atoms with Gasteiger partial charge in [-0.3, -0.25) is 9.59 Å². The average Bonchev–Trinajstić information content (AvgIpc) is 3.07. The molecular weight excluding hydrogens is 369 g/mol. The number of hydrogen-bond acceptors (Lipinski definition) is 2. The van der Waals surface area contributed by atoms with E-state index < -0.39 is 11.6 Å². The fourth-order valence-electron chi connectivity index (χ4n) is 4.88. The molecule has 148 valence electrons. The summed E-state index contributed by atoms with van der Waals surface area (Å²) in [6, 6.07) is 13.6. The van der Waals surface area contributed by atoms with E-state index in [1.54, 1.807) is 21.9 Å². The maximum Gasteiger partial charge on any atom is 0.246 e. The summed E-state index contributed by atoms with van der Waals surface area (Å²) in [4.78, 5) is 33.3. The predicted molar refractivity (Wildman–Crippen MR) is 107 cm³/mol. The zero-order valence-corrected chi connectivity index (χ0v) is 16.4. The lowest BCUT2D eigenvalue weighted by atomic mass is 9.82.